The maximum Gasteiger partial charge on any atom is 0.243 e. The molecule has 2 fully saturated rings. The van der Waals surface area contributed by atoms with Gasteiger partial charge in [0.15, 0.2) is 0 Å². The predicted octanol–water partition coefficient (Wildman–Crippen LogP) is 1.57. The second kappa shape index (κ2) is 8.57. The molecule has 2 aliphatic heterocycles. The molecular weight excluding hydrogens is 402 g/mol. The maximum absolute atomic E-state index is 12.9. The first-order valence-electron chi connectivity index (χ1n) is 10.1. The van der Waals surface area contributed by atoms with Crippen molar-refractivity contribution in [2.75, 3.05) is 32.7 Å². The molecule has 0 saturated carbocycles. The predicted molar refractivity (Wildman–Crippen MR) is 112 cm³/mol. The zero-order valence-corrected chi connectivity index (χ0v) is 17.5. The van der Waals surface area contributed by atoms with Crippen molar-refractivity contribution in [3.63, 3.8) is 0 Å². The van der Waals surface area contributed by atoms with Gasteiger partial charge in [0.1, 0.15) is 0 Å². The Labute approximate surface area is 176 Å². The molecule has 2 saturated heterocycles. The summed E-state index contributed by atoms with van der Waals surface area (Å²) in [5, 5.41) is 0. The van der Waals surface area contributed by atoms with Crippen LogP contribution in [-0.2, 0) is 26.2 Å². The summed E-state index contributed by atoms with van der Waals surface area (Å²) in [4.78, 5) is 29.0. The monoisotopic (exact) mass is 427 g/mol. The lowest BCUT2D eigenvalue weighted by molar-refractivity contribution is -0.137. The number of carbonyl (C=O) groups is 2. The first-order valence-corrected chi connectivity index (χ1v) is 11.5. The third kappa shape index (κ3) is 4.24. The Hall–Kier alpha value is -2.71. The summed E-state index contributed by atoms with van der Waals surface area (Å²) in [6.45, 7) is 2.12. The van der Waals surface area contributed by atoms with Crippen LogP contribution in [0.3, 0.4) is 0 Å². The van der Waals surface area contributed by atoms with Crippen LogP contribution in [0.5, 0.6) is 0 Å². The maximum atomic E-state index is 12.9. The zero-order chi connectivity index (χ0) is 21.1. The highest BCUT2D eigenvalue weighted by Gasteiger charge is 2.38. The molecule has 0 aliphatic carbocycles. The van der Waals surface area contributed by atoms with Crippen molar-refractivity contribution in [3.8, 4) is 0 Å². The van der Waals surface area contributed by atoms with Gasteiger partial charge in [-0.25, -0.2) is 8.42 Å². The summed E-state index contributed by atoms with van der Waals surface area (Å²) in [7, 11) is -3.55. The van der Waals surface area contributed by atoms with Crippen molar-refractivity contribution in [1.82, 2.24) is 14.1 Å². The van der Waals surface area contributed by atoms with E-state index in [-0.39, 0.29) is 42.1 Å². The minimum absolute atomic E-state index is 0.0116. The van der Waals surface area contributed by atoms with Crippen molar-refractivity contribution < 1.29 is 18.0 Å². The largest absolute Gasteiger partial charge is 0.340 e. The molecule has 0 spiro atoms. The van der Waals surface area contributed by atoms with Gasteiger partial charge >= 0.3 is 0 Å². The summed E-state index contributed by atoms with van der Waals surface area (Å²) >= 11 is 0. The Morgan fingerprint density at radius 1 is 0.900 bits per heavy atom. The number of benzene rings is 2. The van der Waals surface area contributed by atoms with Crippen molar-refractivity contribution in [2.24, 2.45) is 5.92 Å². The molecule has 1 atom stereocenters. The summed E-state index contributed by atoms with van der Waals surface area (Å²) in [6, 6.07) is 18.1. The average molecular weight is 428 g/mol. The molecule has 4 rings (SSSR count). The topological polar surface area (TPSA) is 78.0 Å². The Bertz CT molecular complexity index is 1000. The minimum Gasteiger partial charge on any atom is -0.340 e. The van der Waals surface area contributed by atoms with Crippen LogP contribution in [0.15, 0.2) is 65.6 Å². The van der Waals surface area contributed by atoms with E-state index >= 15 is 0 Å². The number of sulfonamides is 1. The molecule has 7 nitrogen and oxygen atoms in total. The molecule has 1 unspecified atom stereocenters. The van der Waals surface area contributed by atoms with Crippen LogP contribution < -0.4 is 0 Å². The van der Waals surface area contributed by atoms with Crippen LogP contribution in [0, 0.1) is 5.92 Å². The average Bonchev–Trinajstić information content (AvgIpc) is 3.15. The van der Waals surface area contributed by atoms with Gasteiger partial charge in [-0.1, -0.05) is 48.5 Å². The van der Waals surface area contributed by atoms with Crippen LogP contribution in [0.2, 0.25) is 0 Å². The molecular formula is C22H25N3O4S. The van der Waals surface area contributed by atoms with Gasteiger partial charge in [-0.15, -0.1) is 0 Å². The SMILES string of the molecule is O=C1CC(C(=O)N2CCN(S(=O)(=O)c3ccccc3)CC2)CN1Cc1ccccc1. The molecule has 158 valence electrons. The highest BCUT2D eigenvalue weighted by atomic mass is 32.2. The lowest BCUT2D eigenvalue weighted by Gasteiger charge is -2.35. The molecule has 8 heteroatoms. The van der Waals surface area contributed by atoms with E-state index in [2.05, 4.69) is 0 Å². The number of likely N-dealkylation sites (tertiary alicyclic amines) is 1. The van der Waals surface area contributed by atoms with Gasteiger partial charge in [-0.05, 0) is 17.7 Å². The molecule has 30 heavy (non-hydrogen) atoms. The van der Waals surface area contributed by atoms with Gasteiger partial charge in [0.2, 0.25) is 21.8 Å². The number of nitrogens with zero attached hydrogens (tertiary/aromatic N) is 3. The number of amides is 2. The van der Waals surface area contributed by atoms with Gasteiger partial charge in [0.05, 0.1) is 10.8 Å². The van der Waals surface area contributed by atoms with Crippen LogP contribution in [0.1, 0.15) is 12.0 Å². The van der Waals surface area contributed by atoms with Crippen LogP contribution >= 0.6 is 0 Å². The number of hydrogen-bond acceptors (Lipinski definition) is 4. The number of piperazine rings is 1. The lowest BCUT2D eigenvalue weighted by Crippen LogP contribution is -2.52. The summed E-state index contributed by atoms with van der Waals surface area (Å²) < 4.78 is 26.9. The van der Waals surface area contributed by atoms with Crippen LogP contribution in [-0.4, -0.2) is 67.1 Å². The standard InChI is InChI=1S/C22H25N3O4S/c26-21-15-19(17-24(21)16-18-7-3-1-4-8-18)22(27)23-11-13-25(14-12-23)30(28,29)20-9-5-2-6-10-20/h1-10,19H,11-17H2. The van der Waals surface area contributed by atoms with Gasteiger partial charge in [-0.2, -0.15) is 4.31 Å². The molecule has 2 aliphatic rings. The molecule has 2 amide bonds. The lowest BCUT2D eigenvalue weighted by atomic mass is 10.1. The van der Waals surface area contributed by atoms with E-state index in [0.29, 0.717) is 26.2 Å². The van der Waals surface area contributed by atoms with Gasteiger partial charge in [0, 0.05) is 45.7 Å². The summed E-state index contributed by atoms with van der Waals surface area (Å²) in [5.74, 6) is -0.434. The van der Waals surface area contributed by atoms with Gasteiger partial charge in [0.25, 0.3) is 0 Å². The van der Waals surface area contributed by atoms with E-state index in [1.807, 2.05) is 30.3 Å². The van der Waals surface area contributed by atoms with E-state index in [1.165, 1.54) is 4.31 Å². The highest BCUT2D eigenvalue weighted by molar-refractivity contribution is 7.89. The summed E-state index contributed by atoms with van der Waals surface area (Å²) in [5.41, 5.74) is 1.04. The van der Waals surface area contributed by atoms with Crippen molar-refractivity contribution in [1.29, 1.82) is 0 Å². The second-order valence-corrected chi connectivity index (χ2v) is 9.64. The van der Waals surface area contributed by atoms with Crippen molar-refractivity contribution >= 4 is 21.8 Å². The molecule has 0 bridgehead atoms. The summed E-state index contributed by atoms with van der Waals surface area (Å²) in [6.07, 6.45) is 0.216. The quantitative estimate of drug-likeness (QED) is 0.726. The Balaban J connectivity index is 1.34. The van der Waals surface area contributed by atoms with Gasteiger partial charge in [-0.3, -0.25) is 9.59 Å². The van der Waals surface area contributed by atoms with E-state index in [4.69, 9.17) is 0 Å². The molecule has 0 aromatic heterocycles. The molecule has 0 radical (unpaired) electrons. The molecule has 0 N–H and O–H groups in total. The first kappa shape index (κ1) is 20.6. The fourth-order valence-corrected chi connectivity index (χ4v) is 5.49. The van der Waals surface area contributed by atoms with E-state index in [0.717, 1.165) is 5.56 Å². The van der Waals surface area contributed by atoms with E-state index < -0.39 is 10.0 Å². The van der Waals surface area contributed by atoms with Crippen LogP contribution in [0.25, 0.3) is 0 Å². The van der Waals surface area contributed by atoms with Gasteiger partial charge < -0.3 is 9.80 Å². The first-order chi connectivity index (χ1) is 14.4. The normalized spacial score (nSPS) is 20.5. The molecule has 2 aromatic carbocycles. The van der Waals surface area contributed by atoms with E-state index in [1.54, 1.807) is 40.1 Å². The Morgan fingerprint density at radius 3 is 2.13 bits per heavy atom. The zero-order valence-electron chi connectivity index (χ0n) is 16.7. The fraction of sp³-hybridized carbons (Fsp3) is 0.364. The van der Waals surface area contributed by atoms with Crippen molar-refractivity contribution in [2.45, 2.75) is 17.9 Å². The third-order valence-corrected chi connectivity index (χ3v) is 7.62. The molecule has 2 heterocycles. The van der Waals surface area contributed by atoms with Crippen LogP contribution in [0.4, 0.5) is 0 Å². The number of carbonyl (C=O) groups excluding carboxylic acids is 2. The Morgan fingerprint density at radius 2 is 1.50 bits per heavy atom. The van der Waals surface area contributed by atoms with Crippen molar-refractivity contribution in [3.05, 3.63) is 66.2 Å². The minimum atomic E-state index is -3.55. The number of hydrogen-bond donors (Lipinski definition) is 0. The fourth-order valence-electron chi connectivity index (χ4n) is 4.04. The second-order valence-electron chi connectivity index (χ2n) is 7.70. The highest BCUT2D eigenvalue weighted by Crippen LogP contribution is 2.24. The Kier molecular flexibility index (Phi) is 5.87. The number of rotatable bonds is 5. The molecule has 2 aromatic rings. The smallest absolute Gasteiger partial charge is 0.243 e. The third-order valence-electron chi connectivity index (χ3n) is 5.71. The van der Waals surface area contributed by atoms with E-state index in [9.17, 15) is 18.0 Å².